The van der Waals surface area contributed by atoms with Crippen molar-refractivity contribution < 1.29 is 14.8 Å². The van der Waals surface area contributed by atoms with Crippen LogP contribution >= 0.6 is 0 Å². The lowest BCUT2D eigenvalue weighted by Gasteiger charge is -2.37. The lowest BCUT2D eigenvalue weighted by molar-refractivity contribution is -0.166. The van der Waals surface area contributed by atoms with E-state index in [0.29, 0.717) is 19.4 Å². The number of benzene rings is 2. The Kier molecular flexibility index (Phi) is 3.81. The lowest BCUT2D eigenvalue weighted by atomic mass is 9.79. The van der Waals surface area contributed by atoms with Crippen LogP contribution in [-0.4, -0.2) is 39.1 Å². The quantitative estimate of drug-likeness (QED) is 0.877. The summed E-state index contributed by atoms with van der Waals surface area (Å²) in [6.45, 7) is 0.587. The van der Waals surface area contributed by atoms with Gasteiger partial charge in [-0.15, -0.1) is 0 Å². The van der Waals surface area contributed by atoms with E-state index >= 15 is 0 Å². The largest absolute Gasteiger partial charge is 0.323 e. The van der Waals surface area contributed by atoms with E-state index in [0.717, 1.165) is 16.2 Å². The average molecular weight is 336 g/mol. The number of amides is 2. The molecule has 1 N–H and O–H groups in total. The Bertz CT molecular complexity index is 793. The van der Waals surface area contributed by atoms with Crippen molar-refractivity contribution >= 4 is 11.8 Å². The Morgan fingerprint density at radius 1 is 1.00 bits per heavy atom. The third-order valence-corrected chi connectivity index (χ3v) is 5.42. The van der Waals surface area contributed by atoms with Crippen LogP contribution in [0.4, 0.5) is 0 Å². The number of hydrogen-bond donors (Lipinski definition) is 1. The Labute approximate surface area is 146 Å². The van der Waals surface area contributed by atoms with Crippen LogP contribution in [-0.2, 0) is 16.1 Å². The van der Waals surface area contributed by atoms with E-state index in [2.05, 4.69) is 0 Å². The van der Waals surface area contributed by atoms with Crippen molar-refractivity contribution in [1.82, 2.24) is 9.96 Å². The van der Waals surface area contributed by atoms with Gasteiger partial charge in [0.25, 0.3) is 5.91 Å². The van der Waals surface area contributed by atoms with Crippen molar-refractivity contribution in [3.63, 3.8) is 0 Å². The Hall–Kier alpha value is -2.66. The second kappa shape index (κ2) is 6.01. The van der Waals surface area contributed by atoms with Gasteiger partial charge in [0.1, 0.15) is 5.54 Å². The SMILES string of the molecule is O=C1CC[C@]2(C(=O)N(O)C[C@@H]2c2ccccc2)N1Cc1ccccc1. The smallest absolute Gasteiger partial charge is 0.272 e. The zero-order valence-electron chi connectivity index (χ0n) is 13.8. The highest BCUT2D eigenvalue weighted by atomic mass is 16.5. The van der Waals surface area contributed by atoms with Crippen LogP contribution < -0.4 is 0 Å². The summed E-state index contributed by atoms with van der Waals surface area (Å²) in [4.78, 5) is 27.3. The molecule has 128 valence electrons. The predicted molar refractivity (Wildman–Crippen MR) is 91.6 cm³/mol. The van der Waals surface area contributed by atoms with Crippen molar-refractivity contribution in [2.24, 2.45) is 0 Å². The average Bonchev–Trinajstić information content (AvgIpc) is 3.10. The number of likely N-dealkylation sites (tertiary alicyclic amines) is 1. The molecule has 5 nitrogen and oxygen atoms in total. The number of hydrogen-bond acceptors (Lipinski definition) is 3. The Balaban J connectivity index is 1.77. The monoisotopic (exact) mass is 336 g/mol. The number of carbonyl (C=O) groups is 2. The fourth-order valence-electron chi connectivity index (χ4n) is 4.22. The van der Waals surface area contributed by atoms with Gasteiger partial charge in [-0.1, -0.05) is 60.7 Å². The first-order chi connectivity index (χ1) is 12.1. The molecule has 0 radical (unpaired) electrons. The molecule has 2 heterocycles. The number of hydroxylamine groups is 2. The Morgan fingerprint density at radius 3 is 2.32 bits per heavy atom. The molecule has 2 aromatic rings. The standard InChI is InChI=1S/C20H20N2O3/c23-18-11-12-20(21(18)13-15-7-3-1-4-8-15)17(14-22(25)19(20)24)16-9-5-2-6-10-16/h1-10,17,25H,11-14H2/t17-,20+/m1/s1. The van der Waals surface area contributed by atoms with Gasteiger partial charge in [-0.25, -0.2) is 5.06 Å². The van der Waals surface area contributed by atoms with E-state index in [1.54, 1.807) is 4.90 Å². The molecule has 0 aliphatic carbocycles. The van der Waals surface area contributed by atoms with Crippen LogP contribution in [0.1, 0.15) is 29.9 Å². The van der Waals surface area contributed by atoms with Gasteiger partial charge in [0.15, 0.2) is 0 Å². The third-order valence-electron chi connectivity index (χ3n) is 5.42. The van der Waals surface area contributed by atoms with E-state index < -0.39 is 5.54 Å². The summed E-state index contributed by atoms with van der Waals surface area (Å²) in [7, 11) is 0. The highest BCUT2D eigenvalue weighted by Gasteiger charge is 2.62. The second-order valence-electron chi connectivity index (χ2n) is 6.74. The molecule has 2 amide bonds. The van der Waals surface area contributed by atoms with E-state index in [1.807, 2.05) is 60.7 Å². The first-order valence-electron chi connectivity index (χ1n) is 8.53. The minimum absolute atomic E-state index is 0.0339. The van der Waals surface area contributed by atoms with Gasteiger partial charge in [0.2, 0.25) is 5.91 Å². The van der Waals surface area contributed by atoms with Gasteiger partial charge in [0.05, 0.1) is 6.54 Å². The van der Waals surface area contributed by atoms with E-state index in [9.17, 15) is 14.8 Å². The third kappa shape index (κ3) is 2.43. The van der Waals surface area contributed by atoms with Crippen molar-refractivity contribution in [2.45, 2.75) is 30.8 Å². The highest BCUT2D eigenvalue weighted by Crippen LogP contribution is 2.48. The predicted octanol–water partition coefficient (Wildman–Crippen LogP) is 2.56. The minimum atomic E-state index is -0.997. The summed E-state index contributed by atoms with van der Waals surface area (Å²) in [5, 5.41) is 11.0. The molecule has 2 aliphatic rings. The molecular weight excluding hydrogens is 316 g/mol. The fourth-order valence-corrected chi connectivity index (χ4v) is 4.22. The molecule has 2 atom stereocenters. The van der Waals surface area contributed by atoms with Gasteiger partial charge in [-0.2, -0.15) is 0 Å². The summed E-state index contributed by atoms with van der Waals surface area (Å²) in [6.07, 6.45) is 0.768. The maximum Gasteiger partial charge on any atom is 0.272 e. The normalized spacial score (nSPS) is 26.0. The molecule has 25 heavy (non-hydrogen) atoms. The van der Waals surface area contributed by atoms with Gasteiger partial charge in [-0.3, -0.25) is 14.8 Å². The molecule has 5 heteroatoms. The van der Waals surface area contributed by atoms with Crippen molar-refractivity contribution in [2.75, 3.05) is 6.54 Å². The molecular formula is C20H20N2O3. The Morgan fingerprint density at radius 2 is 1.64 bits per heavy atom. The summed E-state index contributed by atoms with van der Waals surface area (Å²) in [5.74, 6) is -0.641. The van der Waals surface area contributed by atoms with Crippen molar-refractivity contribution in [1.29, 1.82) is 0 Å². The highest BCUT2D eigenvalue weighted by molar-refractivity contribution is 5.97. The fraction of sp³-hybridized carbons (Fsp3) is 0.300. The van der Waals surface area contributed by atoms with Crippen LogP contribution in [0.5, 0.6) is 0 Å². The van der Waals surface area contributed by atoms with E-state index in [1.165, 1.54) is 0 Å². The molecule has 0 unspecified atom stereocenters. The van der Waals surface area contributed by atoms with Crippen LogP contribution in [0.2, 0.25) is 0 Å². The molecule has 2 saturated heterocycles. The molecule has 2 aromatic carbocycles. The zero-order valence-corrected chi connectivity index (χ0v) is 13.8. The molecule has 0 bridgehead atoms. The van der Waals surface area contributed by atoms with Crippen LogP contribution in [0.3, 0.4) is 0 Å². The lowest BCUT2D eigenvalue weighted by Crippen LogP contribution is -2.53. The summed E-state index contributed by atoms with van der Waals surface area (Å²) in [5.41, 5.74) is 0.955. The van der Waals surface area contributed by atoms with Gasteiger partial charge in [-0.05, 0) is 17.5 Å². The van der Waals surface area contributed by atoms with Gasteiger partial charge >= 0.3 is 0 Å². The summed E-state index contributed by atoms with van der Waals surface area (Å²) in [6, 6.07) is 19.4. The van der Waals surface area contributed by atoms with Crippen LogP contribution in [0.25, 0.3) is 0 Å². The maximum absolute atomic E-state index is 12.9. The first-order valence-corrected chi connectivity index (χ1v) is 8.53. The molecule has 4 rings (SSSR count). The summed E-state index contributed by atoms with van der Waals surface area (Å²) < 4.78 is 0. The molecule has 2 aliphatic heterocycles. The van der Waals surface area contributed by atoms with Gasteiger partial charge in [0, 0.05) is 18.9 Å². The maximum atomic E-state index is 12.9. The topological polar surface area (TPSA) is 60.9 Å². The van der Waals surface area contributed by atoms with E-state index in [-0.39, 0.29) is 24.3 Å². The molecule has 2 fully saturated rings. The number of carbonyl (C=O) groups excluding carboxylic acids is 2. The molecule has 0 saturated carbocycles. The van der Waals surface area contributed by atoms with E-state index in [4.69, 9.17) is 0 Å². The van der Waals surface area contributed by atoms with Crippen molar-refractivity contribution in [3.8, 4) is 0 Å². The molecule has 1 spiro atoms. The zero-order chi connectivity index (χ0) is 17.4. The summed E-state index contributed by atoms with van der Waals surface area (Å²) >= 11 is 0. The molecule has 0 aromatic heterocycles. The number of rotatable bonds is 3. The van der Waals surface area contributed by atoms with Crippen LogP contribution in [0.15, 0.2) is 60.7 Å². The first kappa shape index (κ1) is 15.8. The second-order valence-corrected chi connectivity index (χ2v) is 6.74. The van der Waals surface area contributed by atoms with Gasteiger partial charge < -0.3 is 4.90 Å². The minimum Gasteiger partial charge on any atom is -0.323 e. The van der Waals surface area contributed by atoms with Crippen molar-refractivity contribution in [3.05, 3.63) is 71.8 Å². The number of nitrogens with zero attached hydrogens (tertiary/aromatic N) is 2. The van der Waals surface area contributed by atoms with Crippen LogP contribution in [0, 0.1) is 0 Å².